The summed E-state index contributed by atoms with van der Waals surface area (Å²) in [7, 11) is -3.50. The number of sulfonamides is 1. The first kappa shape index (κ1) is 19.3. The smallest absolute Gasteiger partial charge is 0.243 e. The number of ether oxygens (including phenoxy) is 1. The van der Waals surface area contributed by atoms with E-state index < -0.39 is 15.8 Å². The predicted molar refractivity (Wildman–Crippen MR) is 99.3 cm³/mol. The molecule has 0 bridgehead atoms. The van der Waals surface area contributed by atoms with Crippen molar-refractivity contribution >= 4 is 21.6 Å². The van der Waals surface area contributed by atoms with Crippen molar-refractivity contribution in [2.24, 2.45) is 0 Å². The van der Waals surface area contributed by atoms with Crippen molar-refractivity contribution < 1.29 is 17.5 Å². The highest BCUT2D eigenvalue weighted by Crippen LogP contribution is 2.26. The number of rotatable bonds is 6. The summed E-state index contributed by atoms with van der Waals surface area (Å²) in [5, 5.41) is 0.305. The van der Waals surface area contributed by atoms with E-state index in [0.29, 0.717) is 34.5 Å². The standard InChI is InChI=1S/C19H21ClFNO3S/c1-13(2)14-4-7-18(8-5-14)26(23,24)22-10-17(11-22)25-12-15-3-6-16(21)9-19(15)20/h3-9,13,17H,10-12H2,1-2H3. The molecule has 2 aromatic carbocycles. The Bertz CT molecular complexity index is 878. The van der Waals surface area contributed by atoms with Crippen molar-refractivity contribution in [1.29, 1.82) is 0 Å². The van der Waals surface area contributed by atoms with E-state index in [1.54, 1.807) is 18.2 Å². The minimum absolute atomic E-state index is 0.194. The average molecular weight is 398 g/mol. The molecule has 0 amide bonds. The van der Waals surface area contributed by atoms with Crippen molar-refractivity contribution in [3.05, 3.63) is 64.4 Å². The van der Waals surface area contributed by atoms with Gasteiger partial charge in [-0.2, -0.15) is 4.31 Å². The van der Waals surface area contributed by atoms with Crippen LogP contribution in [0.2, 0.25) is 5.02 Å². The number of halogens is 2. The zero-order valence-electron chi connectivity index (χ0n) is 14.7. The normalized spacial score (nSPS) is 16.0. The number of benzene rings is 2. The summed E-state index contributed by atoms with van der Waals surface area (Å²) in [4.78, 5) is 0.293. The zero-order chi connectivity index (χ0) is 18.9. The fourth-order valence-electron chi connectivity index (χ4n) is 2.72. The molecule has 7 heteroatoms. The Kier molecular flexibility index (Phi) is 5.67. The molecular formula is C19H21ClFNO3S. The van der Waals surface area contributed by atoms with Gasteiger partial charge in [-0.3, -0.25) is 0 Å². The molecule has 0 unspecified atom stereocenters. The van der Waals surface area contributed by atoms with Crippen LogP contribution >= 0.6 is 11.6 Å². The first-order valence-electron chi connectivity index (χ1n) is 8.43. The largest absolute Gasteiger partial charge is 0.371 e. The molecule has 2 aromatic rings. The third-order valence-electron chi connectivity index (χ3n) is 4.49. The van der Waals surface area contributed by atoms with Gasteiger partial charge in [0.1, 0.15) is 5.82 Å². The van der Waals surface area contributed by atoms with Crippen LogP contribution in [-0.2, 0) is 21.4 Å². The maximum Gasteiger partial charge on any atom is 0.243 e. The summed E-state index contributed by atoms with van der Waals surface area (Å²) in [6.07, 6.45) is -0.194. The molecule has 0 saturated carbocycles. The highest BCUT2D eigenvalue weighted by Gasteiger charge is 2.37. The van der Waals surface area contributed by atoms with Gasteiger partial charge in [0.25, 0.3) is 0 Å². The van der Waals surface area contributed by atoms with Gasteiger partial charge in [0.05, 0.1) is 17.6 Å². The van der Waals surface area contributed by atoms with E-state index in [-0.39, 0.29) is 12.7 Å². The topological polar surface area (TPSA) is 46.6 Å². The molecule has 0 aliphatic carbocycles. The van der Waals surface area contributed by atoms with Crippen LogP contribution in [-0.4, -0.2) is 31.9 Å². The van der Waals surface area contributed by atoms with Gasteiger partial charge in [-0.1, -0.05) is 43.6 Å². The summed E-state index contributed by atoms with van der Waals surface area (Å²) in [6, 6.07) is 11.1. The Morgan fingerprint density at radius 1 is 1.19 bits per heavy atom. The molecule has 0 spiro atoms. The summed E-state index contributed by atoms with van der Waals surface area (Å²) >= 11 is 5.96. The van der Waals surface area contributed by atoms with Crippen LogP contribution in [0, 0.1) is 5.82 Å². The molecule has 1 fully saturated rings. The molecule has 1 aliphatic heterocycles. The first-order valence-corrected chi connectivity index (χ1v) is 10.2. The maximum atomic E-state index is 13.0. The number of nitrogens with zero attached hydrogens (tertiary/aromatic N) is 1. The fraction of sp³-hybridized carbons (Fsp3) is 0.368. The SMILES string of the molecule is CC(C)c1ccc(S(=O)(=O)N2CC(OCc3ccc(F)cc3Cl)C2)cc1. The van der Waals surface area contributed by atoms with Gasteiger partial charge in [-0.05, 0) is 41.3 Å². The molecule has 3 rings (SSSR count). The van der Waals surface area contributed by atoms with Crippen molar-refractivity contribution in [2.45, 2.75) is 37.4 Å². The lowest BCUT2D eigenvalue weighted by Gasteiger charge is -2.37. The van der Waals surface area contributed by atoms with Crippen molar-refractivity contribution in [3.63, 3.8) is 0 Å². The molecule has 140 valence electrons. The van der Waals surface area contributed by atoms with Gasteiger partial charge in [-0.15, -0.1) is 0 Å². The van der Waals surface area contributed by atoms with E-state index in [9.17, 15) is 12.8 Å². The van der Waals surface area contributed by atoms with Crippen LogP contribution < -0.4 is 0 Å². The summed E-state index contributed by atoms with van der Waals surface area (Å²) in [5.74, 6) is -0.0463. The van der Waals surface area contributed by atoms with E-state index in [2.05, 4.69) is 13.8 Å². The van der Waals surface area contributed by atoms with Gasteiger partial charge >= 0.3 is 0 Å². The fourth-order valence-corrected chi connectivity index (χ4v) is 4.45. The van der Waals surface area contributed by atoms with Crippen molar-refractivity contribution in [2.75, 3.05) is 13.1 Å². The molecule has 0 N–H and O–H groups in total. The third kappa shape index (κ3) is 4.09. The molecule has 4 nitrogen and oxygen atoms in total. The molecular weight excluding hydrogens is 377 g/mol. The molecule has 0 radical (unpaired) electrons. The zero-order valence-corrected chi connectivity index (χ0v) is 16.2. The van der Waals surface area contributed by atoms with Gasteiger partial charge in [-0.25, -0.2) is 12.8 Å². The lowest BCUT2D eigenvalue weighted by Crippen LogP contribution is -2.54. The average Bonchev–Trinajstić information content (AvgIpc) is 2.55. The monoisotopic (exact) mass is 397 g/mol. The Labute approximate surface area is 158 Å². The van der Waals surface area contributed by atoms with Gasteiger partial charge in [0.2, 0.25) is 10.0 Å². The van der Waals surface area contributed by atoms with Crippen LogP contribution in [0.1, 0.15) is 30.9 Å². The summed E-state index contributed by atoms with van der Waals surface area (Å²) in [5.41, 5.74) is 1.78. The molecule has 0 aromatic heterocycles. The van der Waals surface area contributed by atoms with Crippen molar-refractivity contribution in [1.82, 2.24) is 4.31 Å². The second-order valence-corrected chi connectivity index (χ2v) is 9.06. The van der Waals surface area contributed by atoms with E-state index >= 15 is 0 Å². The van der Waals surface area contributed by atoms with Crippen LogP contribution in [0.4, 0.5) is 4.39 Å². The Balaban J connectivity index is 1.56. The van der Waals surface area contributed by atoms with Crippen LogP contribution in [0.15, 0.2) is 47.4 Å². The van der Waals surface area contributed by atoms with Gasteiger partial charge in [0.15, 0.2) is 0 Å². The Morgan fingerprint density at radius 3 is 2.42 bits per heavy atom. The summed E-state index contributed by atoms with van der Waals surface area (Å²) in [6.45, 7) is 4.95. The van der Waals surface area contributed by atoms with Gasteiger partial charge in [0, 0.05) is 18.1 Å². The molecule has 1 heterocycles. The van der Waals surface area contributed by atoms with Crippen LogP contribution in [0.25, 0.3) is 0 Å². The lowest BCUT2D eigenvalue weighted by molar-refractivity contribution is -0.0295. The molecule has 1 saturated heterocycles. The second-order valence-electron chi connectivity index (χ2n) is 6.71. The Morgan fingerprint density at radius 2 is 1.85 bits per heavy atom. The summed E-state index contributed by atoms with van der Waals surface area (Å²) < 4.78 is 45.3. The van der Waals surface area contributed by atoms with Gasteiger partial charge < -0.3 is 4.74 Å². The lowest BCUT2D eigenvalue weighted by atomic mass is 10.0. The first-order chi connectivity index (χ1) is 12.3. The molecule has 0 atom stereocenters. The minimum Gasteiger partial charge on any atom is -0.371 e. The quantitative estimate of drug-likeness (QED) is 0.734. The minimum atomic E-state index is -3.50. The van der Waals surface area contributed by atoms with Crippen LogP contribution in [0.5, 0.6) is 0 Å². The molecule has 26 heavy (non-hydrogen) atoms. The maximum absolute atomic E-state index is 13.0. The molecule has 1 aliphatic rings. The van der Waals surface area contributed by atoms with E-state index in [1.807, 2.05) is 12.1 Å². The van der Waals surface area contributed by atoms with E-state index in [0.717, 1.165) is 5.56 Å². The highest BCUT2D eigenvalue weighted by atomic mass is 35.5. The van der Waals surface area contributed by atoms with E-state index in [4.69, 9.17) is 16.3 Å². The second kappa shape index (κ2) is 7.64. The number of hydrogen-bond acceptors (Lipinski definition) is 3. The number of hydrogen-bond donors (Lipinski definition) is 0. The van der Waals surface area contributed by atoms with E-state index in [1.165, 1.54) is 16.4 Å². The van der Waals surface area contributed by atoms with Crippen molar-refractivity contribution in [3.8, 4) is 0 Å². The van der Waals surface area contributed by atoms with Crippen LogP contribution in [0.3, 0.4) is 0 Å². The third-order valence-corrected chi connectivity index (χ3v) is 6.69. The predicted octanol–water partition coefficient (Wildman–Crippen LogP) is 4.19. The highest BCUT2D eigenvalue weighted by molar-refractivity contribution is 7.89. The Hall–Kier alpha value is -1.47.